The highest BCUT2D eigenvalue weighted by Crippen LogP contribution is 2.33. The second-order valence-corrected chi connectivity index (χ2v) is 5.71. The lowest BCUT2D eigenvalue weighted by atomic mass is 10.2. The number of hydrogen-bond acceptors (Lipinski definition) is 3. The van der Waals surface area contributed by atoms with Crippen molar-refractivity contribution in [1.29, 1.82) is 0 Å². The highest BCUT2D eigenvalue weighted by Gasteiger charge is 2.15. The molecule has 1 N–H and O–H groups in total. The normalized spacial score (nSPS) is 10.5. The molecule has 0 spiro atoms. The molecule has 2 rings (SSSR count). The van der Waals surface area contributed by atoms with E-state index in [1.165, 1.54) is 6.07 Å². The predicted molar refractivity (Wildman–Crippen MR) is 84.5 cm³/mol. The van der Waals surface area contributed by atoms with Gasteiger partial charge in [0.25, 0.3) is 5.69 Å². The number of benzene rings is 2. The van der Waals surface area contributed by atoms with E-state index in [9.17, 15) is 14.5 Å². The fourth-order valence-electron chi connectivity index (χ4n) is 1.74. The predicted octanol–water partition coefficient (Wildman–Crippen LogP) is 5.42. The van der Waals surface area contributed by atoms with Gasteiger partial charge in [-0.15, -0.1) is 0 Å². The fraction of sp³-hybridized carbons (Fsp3) is 0.0769. The molecule has 2 aromatic carbocycles. The highest BCUT2D eigenvalue weighted by molar-refractivity contribution is 9.10. The van der Waals surface area contributed by atoms with E-state index in [0.717, 1.165) is 12.1 Å². The van der Waals surface area contributed by atoms with Crippen LogP contribution in [0.3, 0.4) is 0 Å². The smallest absolute Gasteiger partial charge is 0.283 e. The van der Waals surface area contributed by atoms with Gasteiger partial charge in [0.05, 0.1) is 20.7 Å². The molecule has 0 aliphatic rings. The standard InChI is InChI=1S/C13H8BrCl2FN2O2/c14-12-7(2-1-3-11(12)19(20)21)6-18-13-9(15)4-8(17)5-10(13)16/h1-5,18H,6H2. The van der Waals surface area contributed by atoms with Gasteiger partial charge in [0, 0.05) is 12.6 Å². The Morgan fingerprint density at radius 2 is 1.90 bits per heavy atom. The summed E-state index contributed by atoms with van der Waals surface area (Å²) in [6.45, 7) is 0.243. The number of nitrogens with zero attached hydrogens (tertiary/aromatic N) is 1. The second-order valence-electron chi connectivity index (χ2n) is 4.11. The Labute approximate surface area is 138 Å². The average Bonchev–Trinajstić information content (AvgIpc) is 2.38. The first-order valence-electron chi connectivity index (χ1n) is 5.70. The van der Waals surface area contributed by atoms with Crippen molar-refractivity contribution in [3.05, 3.63) is 66.3 Å². The summed E-state index contributed by atoms with van der Waals surface area (Å²) < 4.78 is 13.5. The van der Waals surface area contributed by atoms with E-state index in [2.05, 4.69) is 21.2 Å². The number of nitro groups is 1. The van der Waals surface area contributed by atoms with Crippen molar-refractivity contribution < 1.29 is 9.31 Å². The van der Waals surface area contributed by atoms with Gasteiger partial charge >= 0.3 is 0 Å². The van der Waals surface area contributed by atoms with Crippen molar-refractivity contribution in [3.8, 4) is 0 Å². The average molecular weight is 394 g/mol. The molecule has 0 amide bonds. The van der Waals surface area contributed by atoms with Crippen molar-refractivity contribution in [3.63, 3.8) is 0 Å². The van der Waals surface area contributed by atoms with Crippen LogP contribution < -0.4 is 5.32 Å². The lowest BCUT2D eigenvalue weighted by Crippen LogP contribution is -2.03. The van der Waals surface area contributed by atoms with E-state index in [4.69, 9.17) is 23.2 Å². The third kappa shape index (κ3) is 3.64. The third-order valence-corrected chi connectivity index (χ3v) is 4.23. The van der Waals surface area contributed by atoms with Crippen LogP contribution in [0.2, 0.25) is 10.0 Å². The first-order chi connectivity index (χ1) is 9.90. The summed E-state index contributed by atoms with van der Waals surface area (Å²) in [7, 11) is 0. The first-order valence-corrected chi connectivity index (χ1v) is 7.25. The van der Waals surface area contributed by atoms with Crippen LogP contribution in [0.25, 0.3) is 0 Å². The molecule has 0 aliphatic carbocycles. The molecule has 0 bridgehead atoms. The molecule has 0 aromatic heterocycles. The molecule has 0 heterocycles. The summed E-state index contributed by atoms with van der Waals surface area (Å²) in [6, 6.07) is 6.96. The zero-order valence-electron chi connectivity index (χ0n) is 10.4. The van der Waals surface area contributed by atoms with Gasteiger partial charge in [-0.2, -0.15) is 0 Å². The Balaban J connectivity index is 2.25. The van der Waals surface area contributed by atoms with Gasteiger partial charge in [0.1, 0.15) is 10.3 Å². The molecule has 0 saturated heterocycles. The van der Waals surface area contributed by atoms with Gasteiger partial charge in [-0.25, -0.2) is 4.39 Å². The lowest BCUT2D eigenvalue weighted by molar-refractivity contribution is -0.385. The second kappa shape index (κ2) is 6.60. The van der Waals surface area contributed by atoms with Gasteiger partial charge in [0.2, 0.25) is 0 Å². The van der Waals surface area contributed by atoms with Crippen molar-refractivity contribution >= 4 is 50.5 Å². The van der Waals surface area contributed by atoms with E-state index < -0.39 is 10.7 Å². The Kier molecular flexibility index (Phi) is 5.03. The summed E-state index contributed by atoms with van der Waals surface area (Å²) >= 11 is 15.0. The lowest BCUT2D eigenvalue weighted by Gasteiger charge is -2.11. The minimum absolute atomic E-state index is 0.0365. The Bertz CT molecular complexity index is 690. The van der Waals surface area contributed by atoms with Crippen LogP contribution >= 0.6 is 39.1 Å². The van der Waals surface area contributed by atoms with Crippen LogP contribution in [0.4, 0.5) is 15.8 Å². The number of rotatable bonds is 4. The minimum atomic E-state index is -0.535. The van der Waals surface area contributed by atoms with Crippen molar-refractivity contribution in [2.45, 2.75) is 6.54 Å². The molecule has 0 unspecified atom stereocenters. The van der Waals surface area contributed by atoms with Crippen molar-refractivity contribution in [2.75, 3.05) is 5.32 Å². The van der Waals surface area contributed by atoms with Crippen LogP contribution in [0.1, 0.15) is 5.56 Å². The molecule has 21 heavy (non-hydrogen) atoms. The summed E-state index contributed by atoms with van der Waals surface area (Å²) in [5.41, 5.74) is 0.990. The zero-order chi connectivity index (χ0) is 15.6. The molecule has 110 valence electrons. The van der Waals surface area contributed by atoms with Crippen molar-refractivity contribution in [2.24, 2.45) is 0 Å². The molecular formula is C13H8BrCl2FN2O2. The van der Waals surface area contributed by atoms with Crippen LogP contribution in [-0.2, 0) is 6.54 Å². The minimum Gasteiger partial charge on any atom is -0.379 e. The molecule has 0 fully saturated rings. The Hall–Kier alpha value is -1.37. The van der Waals surface area contributed by atoms with Gasteiger partial charge in [-0.05, 0) is 33.6 Å². The topological polar surface area (TPSA) is 55.2 Å². The van der Waals surface area contributed by atoms with E-state index >= 15 is 0 Å². The number of halogens is 4. The Morgan fingerprint density at radius 3 is 2.48 bits per heavy atom. The monoisotopic (exact) mass is 392 g/mol. The number of nitrogens with one attached hydrogen (secondary N) is 1. The van der Waals surface area contributed by atoms with E-state index in [0.29, 0.717) is 15.7 Å². The van der Waals surface area contributed by atoms with Gasteiger partial charge < -0.3 is 5.32 Å². The van der Waals surface area contributed by atoms with E-state index in [1.807, 2.05) is 0 Å². The van der Waals surface area contributed by atoms with E-state index in [-0.39, 0.29) is 22.3 Å². The van der Waals surface area contributed by atoms with Gasteiger partial charge in [-0.1, -0.05) is 35.3 Å². The summed E-state index contributed by atoms with van der Waals surface area (Å²) in [5.74, 6) is -0.535. The highest BCUT2D eigenvalue weighted by atomic mass is 79.9. The largest absolute Gasteiger partial charge is 0.379 e. The SMILES string of the molecule is O=[N+]([O-])c1cccc(CNc2c(Cl)cc(F)cc2Cl)c1Br. The van der Waals surface area contributed by atoms with Crippen LogP contribution in [0.5, 0.6) is 0 Å². The molecular weight excluding hydrogens is 386 g/mol. The summed E-state index contributed by atoms with van der Waals surface area (Å²) in [5, 5.41) is 14.1. The molecule has 0 atom stereocenters. The maximum atomic E-state index is 13.1. The summed E-state index contributed by atoms with van der Waals surface area (Å²) in [4.78, 5) is 10.4. The van der Waals surface area contributed by atoms with Crippen molar-refractivity contribution in [1.82, 2.24) is 0 Å². The van der Waals surface area contributed by atoms with Crippen LogP contribution in [-0.4, -0.2) is 4.92 Å². The molecule has 2 aromatic rings. The first kappa shape index (κ1) is 16.0. The maximum Gasteiger partial charge on any atom is 0.283 e. The van der Waals surface area contributed by atoms with Gasteiger partial charge in [-0.3, -0.25) is 10.1 Å². The van der Waals surface area contributed by atoms with Gasteiger partial charge in [0.15, 0.2) is 0 Å². The third-order valence-electron chi connectivity index (χ3n) is 2.72. The molecule has 0 aliphatic heterocycles. The van der Waals surface area contributed by atoms with Crippen LogP contribution in [0.15, 0.2) is 34.8 Å². The molecule has 0 radical (unpaired) electrons. The number of nitro benzene ring substituents is 1. The number of hydrogen-bond donors (Lipinski definition) is 1. The van der Waals surface area contributed by atoms with E-state index in [1.54, 1.807) is 12.1 Å². The molecule has 8 heteroatoms. The Morgan fingerprint density at radius 1 is 1.29 bits per heavy atom. The van der Waals surface area contributed by atoms with Crippen LogP contribution in [0, 0.1) is 15.9 Å². The maximum absolute atomic E-state index is 13.1. The fourth-order valence-corrected chi connectivity index (χ4v) is 2.88. The summed E-state index contributed by atoms with van der Waals surface area (Å²) in [6.07, 6.45) is 0. The molecule has 0 saturated carbocycles. The zero-order valence-corrected chi connectivity index (χ0v) is 13.5. The number of anilines is 1. The molecule has 4 nitrogen and oxygen atoms in total. The quantitative estimate of drug-likeness (QED) is 0.557.